The predicted octanol–water partition coefficient (Wildman–Crippen LogP) is 0.848. The van der Waals surface area contributed by atoms with Crippen molar-refractivity contribution in [1.82, 2.24) is 0 Å². The molecule has 0 aliphatic carbocycles. The van der Waals surface area contributed by atoms with Crippen molar-refractivity contribution in [3.63, 3.8) is 0 Å². The first-order chi connectivity index (χ1) is 3.48. The predicted molar refractivity (Wildman–Crippen MR) is 35.3 cm³/mol. The molecule has 48 valence electrons. The third-order valence-electron chi connectivity index (χ3n) is 1.22. The second-order valence-electron chi connectivity index (χ2n) is 2.37. The molecule has 1 N–H and O–H groups in total. The molecular formula is C6H13NO. The van der Waals surface area contributed by atoms with E-state index in [0.717, 1.165) is 5.71 Å². The third kappa shape index (κ3) is 2.07. The lowest BCUT2D eigenvalue weighted by Crippen LogP contribution is -2.28. The van der Waals surface area contributed by atoms with E-state index in [2.05, 4.69) is 4.99 Å². The van der Waals surface area contributed by atoms with Gasteiger partial charge in [-0.2, -0.15) is 0 Å². The van der Waals surface area contributed by atoms with Gasteiger partial charge in [0.15, 0.2) is 0 Å². The van der Waals surface area contributed by atoms with Crippen molar-refractivity contribution in [3.05, 3.63) is 0 Å². The van der Waals surface area contributed by atoms with Crippen molar-refractivity contribution in [2.24, 2.45) is 4.99 Å². The summed E-state index contributed by atoms with van der Waals surface area (Å²) in [7, 11) is 1.67. The van der Waals surface area contributed by atoms with Gasteiger partial charge in [-0.05, 0) is 20.8 Å². The Morgan fingerprint density at radius 3 is 1.88 bits per heavy atom. The Hall–Kier alpha value is -0.370. The molecular weight excluding hydrogens is 102 g/mol. The molecule has 0 saturated heterocycles. The van der Waals surface area contributed by atoms with E-state index in [1.54, 1.807) is 27.8 Å². The summed E-state index contributed by atoms with van der Waals surface area (Å²) in [5, 5.41) is 9.16. The quantitative estimate of drug-likeness (QED) is 0.505. The zero-order valence-corrected chi connectivity index (χ0v) is 5.89. The highest BCUT2D eigenvalue weighted by Gasteiger charge is 2.14. The molecule has 2 heteroatoms. The Morgan fingerprint density at radius 2 is 1.88 bits per heavy atom. The molecule has 0 spiro atoms. The fourth-order valence-corrected chi connectivity index (χ4v) is 0.274. The molecule has 0 atom stereocenters. The fraction of sp³-hybridized carbons (Fsp3) is 0.833. The van der Waals surface area contributed by atoms with E-state index >= 15 is 0 Å². The summed E-state index contributed by atoms with van der Waals surface area (Å²) in [6.07, 6.45) is 0. The maximum atomic E-state index is 9.16. The molecule has 0 rings (SSSR count). The fourth-order valence-electron chi connectivity index (χ4n) is 0.274. The van der Waals surface area contributed by atoms with Crippen molar-refractivity contribution in [2.75, 3.05) is 7.05 Å². The van der Waals surface area contributed by atoms with Gasteiger partial charge in [-0.25, -0.2) is 0 Å². The molecule has 0 saturated carbocycles. The van der Waals surface area contributed by atoms with Crippen LogP contribution in [0.15, 0.2) is 4.99 Å². The molecule has 8 heavy (non-hydrogen) atoms. The van der Waals surface area contributed by atoms with Crippen LogP contribution in [0.2, 0.25) is 0 Å². The monoisotopic (exact) mass is 115 g/mol. The van der Waals surface area contributed by atoms with E-state index in [-0.39, 0.29) is 0 Å². The van der Waals surface area contributed by atoms with Crippen LogP contribution in [0.25, 0.3) is 0 Å². The van der Waals surface area contributed by atoms with Gasteiger partial charge < -0.3 is 5.11 Å². The molecule has 0 fully saturated rings. The normalized spacial score (nSPS) is 14.4. The van der Waals surface area contributed by atoms with Crippen molar-refractivity contribution in [1.29, 1.82) is 0 Å². The summed E-state index contributed by atoms with van der Waals surface area (Å²) in [6.45, 7) is 5.24. The van der Waals surface area contributed by atoms with Crippen molar-refractivity contribution >= 4 is 5.71 Å². The van der Waals surface area contributed by atoms with Crippen LogP contribution in [0.5, 0.6) is 0 Å². The molecule has 0 aliphatic rings. The van der Waals surface area contributed by atoms with Crippen LogP contribution < -0.4 is 0 Å². The maximum absolute atomic E-state index is 9.16. The van der Waals surface area contributed by atoms with Crippen LogP contribution in [-0.4, -0.2) is 23.5 Å². The van der Waals surface area contributed by atoms with Crippen LogP contribution in [0.1, 0.15) is 20.8 Å². The van der Waals surface area contributed by atoms with Gasteiger partial charge >= 0.3 is 0 Å². The SMILES string of the molecule is CN=C(C)C(C)(C)O. The lowest BCUT2D eigenvalue weighted by Gasteiger charge is -2.15. The van der Waals surface area contributed by atoms with Gasteiger partial charge in [0.1, 0.15) is 0 Å². The summed E-state index contributed by atoms with van der Waals surface area (Å²) in [5.41, 5.74) is 0.0203. The van der Waals surface area contributed by atoms with E-state index in [9.17, 15) is 0 Å². The van der Waals surface area contributed by atoms with E-state index in [0.29, 0.717) is 0 Å². The van der Waals surface area contributed by atoms with Crippen molar-refractivity contribution in [2.45, 2.75) is 26.4 Å². The Kier molecular flexibility index (Phi) is 2.16. The molecule has 0 radical (unpaired) electrons. The second kappa shape index (κ2) is 2.27. The van der Waals surface area contributed by atoms with Gasteiger partial charge in [-0.1, -0.05) is 0 Å². The summed E-state index contributed by atoms with van der Waals surface area (Å²) in [5.74, 6) is 0. The van der Waals surface area contributed by atoms with Crippen LogP contribution >= 0.6 is 0 Å². The molecule has 0 aromatic heterocycles. The Bertz CT molecular complexity index is 99.6. The van der Waals surface area contributed by atoms with Gasteiger partial charge in [-0.3, -0.25) is 4.99 Å². The Morgan fingerprint density at radius 1 is 1.50 bits per heavy atom. The molecule has 0 amide bonds. The van der Waals surface area contributed by atoms with Gasteiger partial charge in [0.05, 0.1) is 5.60 Å². The molecule has 0 aromatic rings. The van der Waals surface area contributed by atoms with E-state index < -0.39 is 5.60 Å². The summed E-state index contributed by atoms with van der Waals surface area (Å²) in [6, 6.07) is 0. The van der Waals surface area contributed by atoms with Crippen LogP contribution in [-0.2, 0) is 0 Å². The van der Waals surface area contributed by atoms with E-state index in [1.807, 2.05) is 0 Å². The van der Waals surface area contributed by atoms with Gasteiger partial charge in [-0.15, -0.1) is 0 Å². The number of nitrogens with zero attached hydrogens (tertiary/aromatic N) is 1. The summed E-state index contributed by atoms with van der Waals surface area (Å²) in [4.78, 5) is 3.83. The zero-order chi connectivity index (χ0) is 6.78. The lowest BCUT2D eigenvalue weighted by atomic mass is 10.1. The van der Waals surface area contributed by atoms with Gasteiger partial charge in [0.2, 0.25) is 0 Å². The number of rotatable bonds is 1. The average molecular weight is 115 g/mol. The van der Waals surface area contributed by atoms with Crippen LogP contribution in [0.4, 0.5) is 0 Å². The molecule has 2 nitrogen and oxygen atoms in total. The first-order valence-electron chi connectivity index (χ1n) is 2.64. The third-order valence-corrected chi connectivity index (χ3v) is 1.22. The van der Waals surface area contributed by atoms with Gasteiger partial charge in [0.25, 0.3) is 0 Å². The van der Waals surface area contributed by atoms with E-state index in [1.165, 1.54) is 0 Å². The Labute approximate surface area is 50.3 Å². The first kappa shape index (κ1) is 7.63. The summed E-state index contributed by atoms with van der Waals surface area (Å²) >= 11 is 0. The molecule has 0 aliphatic heterocycles. The number of aliphatic imine (C=N–C) groups is 1. The minimum atomic E-state index is -0.741. The highest BCUT2D eigenvalue weighted by Crippen LogP contribution is 2.02. The maximum Gasteiger partial charge on any atom is 0.0963 e. The average Bonchev–Trinajstić information content (AvgIpc) is 1.62. The molecule has 0 bridgehead atoms. The standard InChI is InChI=1S/C6H13NO/c1-5(7-4)6(2,3)8/h8H,1-4H3. The van der Waals surface area contributed by atoms with Gasteiger partial charge in [0, 0.05) is 12.8 Å². The van der Waals surface area contributed by atoms with Crippen molar-refractivity contribution < 1.29 is 5.11 Å². The smallest absolute Gasteiger partial charge is 0.0963 e. The molecule has 0 aromatic carbocycles. The minimum Gasteiger partial charge on any atom is -0.385 e. The van der Waals surface area contributed by atoms with E-state index in [4.69, 9.17) is 5.11 Å². The largest absolute Gasteiger partial charge is 0.385 e. The number of hydrogen-bond donors (Lipinski definition) is 1. The topological polar surface area (TPSA) is 32.6 Å². The number of aliphatic hydroxyl groups is 1. The molecule has 0 unspecified atom stereocenters. The highest BCUT2D eigenvalue weighted by molar-refractivity contribution is 5.89. The summed E-state index contributed by atoms with van der Waals surface area (Å²) < 4.78 is 0. The Balaban J connectivity index is 4.03. The second-order valence-corrected chi connectivity index (χ2v) is 2.37. The van der Waals surface area contributed by atoms with Crippen molar-refractivity contribution in [3.8, 4) is 0 Å². The highest BCUT2D eigenvalue weighted by atomic mass is 16.3. The minimum absolute atomic E-state index is 0.741. The van der Waals surface area contributed by atoms with Crippen LogP contribution in [0, 0.1) is 0 Å². The zero-order valence-electron chi connectivity index (χ0n) is 5.89. The van der Waals surface area contributed by atoms with Crippen LogP contribution in [0.3, 0.4) is 0 Å². The number of hydrogen-bond acceptors (Lipinski definition) is 2. The lowest BCUT2D eigenvalue weighted by molar-refractivity contribution is 0.153. The molecule has 0 heterocycles. The first-order valence-corrected chi connectivity index (χ1v) is 2.64.